The minimum atomic E-state index is -0.194. The number of guanidine groups is 2. The van der Waals surface area contributed by atoms with Gasteiger partial charge >= 0.3 is 0 Å². The number of pyridine rings is 1. The minimum Gasteiger partial charge on any atom is -0.370 e. The quantitative estimate of drug-likeness (QED) is 0.306. The number of hydrogen-bond acceptors (Lipinski definition) is 2. The predicted octanol–water partition coefficient (Wildman–Crippen LogP) is 1.55. The van der Waals surface area contributed by atoms with Crippen LogP contribution in [0, 0.1) is 0 Å². The summed E-state index contributed by atoms with van der Waals surface area (Å²) in [7, 11) is 0. The van der Waals surface area contributed by atoms with Crippen molar-refractivity contribution >= 4 is 51.0 Å². The molecule has 23 heavy (non-hydrogen) atoms. The third-order valence-electron chi connectivity index (χ3n) is 3.25. The molecule has 0 spiro atoms. The van der Waals surface area contributed by atoms with Gasteiger partial charge in [-0.2, -0.15) is 4.99 Å². The van der Waals surface area contributed by atoms with Gasteiger partial charge in [0.25, 0.3) is 0 Å². The number of halogens is 1. The van der Waals surface area contributed by atoms with Crippen LogP contribution in [0.25, 0.3) is 21.8 Å². The molecule has 8 heteroatoms. The summed E-state index contributed by atoms with van der Waals surface area (Å²) in [5, 5.41) is 1.47. The molecule has 0 unspecified atom stereocenters. The van der Waals surface area contributed by atoms with Crippen molar-refractivity contribution in [2.45, 2.75) is 0 Å². The Bertz CT molecular complexity index is 1030. The lowest BCUT2D eigenvalue weighted by molar-refractivity contribution is 1.37. The number of aliphatic imine (C=N–C) groups is 2. The number of benzene rings is 2. The molecule has 3 rings (SSSR count). The fraction of sp³-hybridized carbons (Fsp3) is 0. The van der Waals surface area contributed by atoms with Gasteiger partial charge in [-0.25, -0.2) is 4.99 Å². The number of aromatic nitrogens is 1. The van der Waals surface area contributed by atoms with E-state index in [1.165, 1.54) is 0 Å². The summed E-state index contributed by atoms with van der Waals surface area (Å²) in [4.78, 5) is 23.6. The van der Waals surface area contributed by atoms with E-state index >= 15 is 0 Å². The lowest BCUT2D eigenvalue weighted by Crippen LogP contribution is -2.26. The fourth-order valence-corrected chi connectivity index (χ4v) is 2.50. The van der Waals surface area contributed by atoms with E-state index in [4.69, 9.17) is 28.8 Å². The number of H-pyrrole nitrogens is 1. The Kier molecular flexibility index (Phi) is 3.63. The highest BCUT2D eigenvalue weighted by atomic mass is 35.5. The maximum atomic E-state index is 12.6. The van der Waals surface area contributed by atoms with E-state index in [1.54, 1.807) is 36.4 Å². The smallest absolute Gasteiger partial charge is 0.223 e. The first-order valence-corrected chi connectivity index (χ1v) is 7.01. The normalized spacial score (nSPS) is 11.8. The highest BCUT2D eigenvalue weighted by Gasteiger charge is 2.09. The second-order valence-electron chi connectivity index (χ2n) is 4.85. The topological polar surface area (TPSA) is 136 Å². The minimum absolute atomic E-state index is 0.102. The van der Waals surface area contributed by atoms with Crippen LogP contribution in [0.3, 0.4) is 0 Å². The standard InChI is InChI=1S/C15H13ClN6O/c16-7-4-5-10-9(6-7)13(23)8-2-1-3-11(12(8)20-10)21-15(19)22-14(17)18/h1-6H,(H,20,23)(H6,17,18,19,21,22). The van der Waals surface area contributed by atoms with Gasteiger partial charge in [-0.15, -0.1) is 0 Å². The average Bonchev–Trinajstić information content (AvgIpc) is 2.48. The molecule has 0 aliphatic rings. The zero-order valence-electron chi connectivity index (χ0n) is 11.9. The van der Waals surface area contributed by atoms with Gasteiger partial charge in [-0.1, -0.05) is 17.7 Å². The Hall–Kier alpha value is -3.06. The van der Waals surface area contributed by atoms with Crippen LogP contribution in [0.2, 0.25) is 5.02 Å². The maximum Gasteiger partial charge on any atom is 0.223 e. The van der Waals surface area contributed by atoms with Gasteiger partial charge in [0.2, 0.25) is 5.96 Å². The number of fused-ring (bicyclic) bond motifs is 2. The number of nitrogens with two attached hydrogens (primary N) is 3. The molecule has 0 amide bonds. The molecule has 7 nitrogen and oxygen atoms in total. The largest absolute Gasteiger partial charge is 0.370 e. The SMILES string of the molecule is NC(N)=NC(N)=Nc1cccc2c(=O)c3cc(Cl)ccc3[nH]c12. The average molecular weight is 329 g/mol. The van der Waals surface area contributed by atoms with Crippen molar-refractivity contribution in [3.63, 3.8) is 0 Å². The van der Waals surface area contributed by atoms with Crippen LogP contribution in [0.4, 0.5) is 5.69 Å². The van der Waals surface area contributed by atoms with Crippen molar-refractivity contribution in [3.8, 4) is 0 Å². The number of nitrogens with one attached hydrogen (secondary N) is 1. The molecule has 1 heterocycles. The Morgan fingerprint density at radius 2 is 1.87 bits per heavy atom. The fourth-order valence-electron chi connectivity index (χ4n) is 2.33. The molecule has 1 aromatic heterocycles. The molecular formula is C15H13ClN6O. The molecule has 0 fully saturated rings. The van der Waals surface area contributed by atoms with Crippen molar-refractivity contribution in [1.29, 1.82) is 0 Å². The van der Waals surface area contributed by atoms with Crippen molar-refractivity contribution in [2.75, 3.05) is 0 Å². The van der Waals surface area contributed by atoms with Gasteiger partial charge in [-0.3, -0.25) is 4.79 Å². The Balaban J connectivity index is 2.34. The lowest BCUT2D eigenvalue weighted by Gasteiger charge is -2.06. The van der Waals surface area contributed by atoms with Crippen molar-refractivity contribution < 1.29 is 0 Å². The molecule has 116 valence electrons. The molecule has 2 aromatic carbocycles. The van der Waals surface area contributed by atoms with Crippen LogP contribution in [0.1, 0.15) is 0 Å². The van der Waals surface area contributed by atoms with Crippen molar-refractivity contribution in [2.24, 2.45) is 27.2 Å². The van der Waals surface area contributed by atoms with Gasteiger partial charge in [0.1, 0.15) is 0 Å². The monoisotopic (exact) mass is 328 g/mol. The Morgan fingerprint density at radius 1 is 1.09 bits per heavy atom. The van der Waals surface area contributed by atoms with E-state index in [2.05, 4.69) is 15.0 Å². The highest BCUT2D eigenvalue weighted by Crippen LogP contribution is 2.25. The summed E-state index contributed by atoms with van der Waals surface area (Å²) < 4.78 is 0. The first kappa shape index (κ1) is 14.9. The van der Waals surface area contributed by atoms with E-state index in [1.807, 2.05) is 0 Å². The first-order chi connectivity index (χ1) is 11.0. The number of nitrogens with zero attached hydrogens (tertiary/aromatic N) is 2. The van der Waals surface area contributed by atoms with E-state index < -0.39 is 0 Å². The van der Waals surface area contributed by atoms with Crippen molar-refractivity contribution in [3.05, 3.63) is 51.6 Å². The summed E-state index contributed by atoms with van der Waals surface area (Å²) >= 11 is 5.96. The highest BCUT2D eigenvalue weighted by molar-refractivity contribution is 6.31. The molecule has 0 aliphatic carbocycles. The maximum absolute atomic E-state index is 12.6. The molecule has 0 saturated heterocycles. The molecule has 0 radical (unpaired) electrons. The second-order valence-corrected chi connectivity index (χ2v) is 5.29. The van der Waals surface area contributed by atoms with E-state index in [9.17, 15) is 4.79 Å². The summed E-state index contributed by atoms with van der Waals surface area (Å²) in [5.41, 5.74) is 17.7. The zero-order chi connectivity index (χ0) is 16.6. The number of hydrogen-bond donors (Lipinski definition) is 4. The molecule has 0 aliphatic heterocycles. The number of aromatic amines is 1. The molecule has 3 aromatic rings. The van der Waals surface area contributed by atoms with E-state index in [0.717, 1.165) is 0 Å². The Morgan fingerprint density at radius 3 is 2.61 bits per heavy atom. The van der Waals surface area contributed by atoms with E-state index in [-0.39, 0.29) is 17.3 Å². The Labute approximate surface area is 135 Å². The number of para-hydroxylation sites is 1. The summed E-state index contributed by atoms with van der Waals surface area (Å²) in [5.74, 6) is -0.297. The summed E-state index contributed by atoms with van der Waals surface area (Å²) in [6.45, 7) is 0. The van der Waals surface area contributed by atoms with Crippen LogP contribution in [0.15, 0.2) is 51.2 Å². The molecule has 7 N–H and O–H groups in total. The van der Waals surface area contributed by atoms with Gasteiger partial charge in [0, 0.05) is 21.3 Å². The van der Waals surface area contributed by atoms with Gasteiger partial charge in [0.05, 0.1) is 11.2 Å². The lowest BCUT2D eigenvalue weighted by atomic mass is 10.1. The summed E-state index contributed by atoms with van der Waals surface area (Å²) in [6, 6.07) is 10.2. The van der Waals surface area contributed by atoms with Crippen molar-refractivity contribution in [1.82, 2.24) is 4.98 Å². The van der Waals surface area contributed by atoms with Gasteiger partial charge in [-0.05, 0) is 30.3 Å². The second kappa shape index (κ2) is 5.62. The molecule has 0 saturated carbocycles. The molecular weight excluding hydrogens is 316 g/mol. The summed E-state index contributed by atoms with van der Waals surface area (Å²) in [6.07, 6.45) is 0. The third kappa shape index (κ3) is 2.82. The van der Waals surface area contributed by atoms with Crippen LogP contribution >= 0.6 is 11.6 Å². The molecule has 0 bridgehead atoms. The van der Waals surface area contributed by atoms with Crippen LogP contribution < -0.4 is 22.6 Å². The van der Waals surface area contributed by atoms with E-state index in [0.29, 0.717) is 32.5 Å². The third-order valence-corrected chi connectivity index (χ3v) is 3.49. The van der Waals surface area contributed by atoms with Crippen LogP contribution in [0.5, 0.6) is 0 Å². The first-order valence-electron chi connectivity index (χ1n) is 6.64. The predicted molar refractivity (Wildman–Crippen MR) is 94.2 cm³/mol. The zero-order valence-corrected chi connectivity index (χ0v) is 12.6. The number of rotatable bonds is 1. The van der Waals surface area contributed by atoms with Crippen LogP contribution in [-0.2, 0) is 0 Å². The van der Waals surface area contributed by atoms with Gasteiger partial charge in [0.15, 0.2) is 11.4 Å². The van der Waals surface area contributed by atoms with Crippen LogP contribution in [-0.4, -0.2) is 16.9 Å². The molecule has 0 atom stereocenters. The van der Waals surface area contributed by atoms with Gasteiger partial charge < -0.3 is 22.2 Å².